The number of carbonyl (C=O) groups is 2. The first-order valence-corrected chi connectivity index (χ1v) is 10.7. The van der Waals surface area contributed by atoms with Gasteiger partial charge in [-0.05, 0) is 37.6 Å². The van der Waals surface area contributed by atoms with Gasteiger partial charge in [0, 0.05) is 10.8 Å². The molecular weight excluding hydrogens is 422 g/mol. The van der Waals surface area contributed by atoms with E-state index in [-0.39, 0.29) is 31.6 Å². The molecule has 2 heterocycles. The maximum absolute atomic E-state index is 12.6. The molecule has 0 N–H and O–H groups in total. The van der Waals surface area contributed by atoms with Crippen LogP contribution >= 0.6 is 0 Å². The van der Waals surface area contributed by atoms with E-state index in [9.17, 15) is 14.4 Å². The highest BCUT2D eigenvalue weighted by atomic mass is 16.5. The molecule has 8 heteroatoms. The fourth-order valence-corrected chi connectivity index (χ4v) is 3.78. The number of ether oxygens (including phenoxy) is 2. The topological polar surface area (TPSA) is 100 Å². The molecule has 0 aliphatic rings. The number of hydrogen-bond acceptors (Lipinski definition) is 7. The van der Waals surface area contributed by atoms with Crippen LogP contribution in [0.3, 0.4) is 0 Å². The molecule has 0 aliphatic carbocycles. The van der Waals surface area contributed by atoms with Crippen LogP contribution in [0.1, 0.15) is 35.0 Å². The van der Waals surface area contributed by atoms with Crippen molar-refractivity contribution in [2.45, 2.75) is 33.4 Å². The number of rotatable bonds is 7. The summed E-state index contributed by atoms with van der Waals surface area (Å²) in [7, 11) is 0. The molecule has 0 spiro atoms. The van der Waals surface area contributed by atoms with E-state index in [1.165, 1.54) is 6.20 Å². The normalized spacial score (nSPS) is 11.0. The van der Waals surface area contributed by atoms with E-state index >= 15 is 0 Å². The first kappa shape index (κ1) is 22.1. The number of benzene rings is 2. The summed E-state index contributed by atoms with van der Waals surface area (Å²) in [5.41, 5.74) is 2.58. The number of pyridine rings is 1. The fourth-order valence-electron chi connectivity index (χ4n) is 3.78. The highest BCUT2D eigenvalue weighted by Gasteiger charge is 2.21. The summed E-state index contributed by atoms with van der Waals surface area (Å²) in [4.78, 5) is 41.6. The van der Waals surface area contributed by atoms with Gasteiger partial charge in [0.15, 0.2) is 0 Å². The Labute approximate surface area is 189 Å². The molecule has 0 fully saturated rings. The van der Waals surface area contributed by atoms with Crippen molar-refractivity contribution in [3.63, 3.8) is 0 Å². The van der Waals surface area contributed by atoms with Crippen LogP contribution in [0.5, 0.6) is 0 Å². The van der Waals surface area contributed by atoms with Gasteiger partial charge in [0.1, 0.15) is 6.61 Å². The highest BCUT2D eigenvalue weighted by molar-refractivity contribution is 5.98. The van der Waals surface area contributed by atoms with E-state index in [2.05, 4.69) is 10.1 Å². The first-order valence-electron chi connectivity index (χ1n) is 10.7. The Hall–Kier alpha value is -4.07. The van der Waals surface area contributed by atoms with Crippen LogP contribution in [-0.2, 0) is 27.4 Å². The number of nitrogens with zero attached hydrogens (tertiary/aromatic N) is 3. The Balaban J connectivity index is 1.52. The SMILES string of the molecule is CCOC(=O)c1c(COC(=O)CCn2ncc(=O)c3ccccc32)nc2ccccc2c1C. The Bertz CT molecular complexity index is 1410. The lowest BCUT2D eigenvalue weighted by molar-refractivity contribution is -0.145. The van der Waals surface area contributed by atoms with Gasteiger partial charge in [-0.3, -0.25) is 14.3 Å². The van der Waals surface area contributed by atoms with Gasteiger partial charge in [0.25, 0.3) is 0 Å². The number of aromatic nitrogens is 3. The molecule has 33 heavy (non-hydrogen) atoms. The lowest BCUT2D eigenvalue weighted by Gasteiger charge is -2.14. The van der Waals surface area contributed by atoms with Crippen LogP contribution in [-0.4, -0.2) is 33.3 Å². The summed E-state index contributed by atoms with van der Waals surface area (Å²) in [6.45, 7) is 3.88. The van der Waals surface area contributed by atoms with E-state index in [0.717, 1.165) is 10.9 Å². The number of hydrogen-bond donors (Lipinski definition) is 0. The third kappa shape index (κ3) is 4.59. The molecule has 0 bridgehead atoms. The molecule has 4 rings (SSSR count). The van der Waals surface area contributed by atoms with E-state index in [0.29, 0.717) is 27.7 Å². The van der Waals surface area contributed by atoms with E-state index in [1.807, 2.05) is 37.3 Å². The summed E-state index contributed by atoms with van der Waals surface area (Å²) in [5, 5.41) is 5.50. The predicted octanol–water partition coefficient (Wildman–Crippen LogP) is 3.56. The number of esters is 2. The summed E-state index contributed by atoms with van der Waals surface area (Å²) < 4.78 is 12.2. The summed E-state index contributed by atoms with van der Waals surface area (Å²) >= 11 is 0. The van der Waals surface area contributed by atoms with Gasteiger partial charge in [-0.15, -0.1) is 0 Å². The molecule has 8 nitrogen and oxygen atoms in total. The van der Waals surface area contributed by atoms with Crippen molar-refractivity contribution >= 4 is 33.7 Å². The van der Waals surface area contributed by atoms with Gasteiger partial charge in [0.2, 0.25) is 5.43 Å². The molecule has 0 amide bonds. The molecule has 0 saturated heterocycles. The van der Waals surface area contributed by atoms with Crippen LogP contribution < -0.4 is 5.43 Å². The Morgan fingerprint density at radius 1 is 1.00 bits per heavy atom. The molecule has 0 saturated carbocycles. The predicted molar refractivity (Wildman–Crippen MR) is 123 cm³/mol. The lowest BCUT2D eigenvalue weighted by Crippen LogP contribution is -2.17. The molecule has 0 unspecified atom stereocenters. The van der Waals surface area contributed by atoms with Gasteiger partial charge in [0.05, 0.1) is 48.1 Å². The van der Waals surface area contributed by atoms with Gasteiger partial charge < -0.3 is 9.47 Å². The minimum absolute atomic E-state index is 0.0428. The quantitative estimate of drug-likeness (QED) is 0.401. The van der Waals surface area contributed by atoms with Crippen molar-refractivity contribution in [1.82, 2.24) is 14.8 Å². The fraction of sp³-hybridized carbons (Fsp3) is 0.240. The largest absolute Gasteiger partial charge is 0.462 e. The molecule has 0 radical (unpaired) electrons. The van der Waals surface area contributed by atoms with E-state index < -0.39 is 11.9 Å². The van der Waals surface area contributed by atoms with E-state index in [1.54, 1.807) is 29.8 Å². The molecule has 2 aromatic carbocycles. The summed E-state index contributed by atoms with van der Waals surface area (Å²) in [6.07, 6.45) is 1.28. The van der Waals surface area contributed by atoms with Gasteiger partial charge in [-0.25, -0.2) is 9.78 Å². The zero-order valence-corrected chi connectivity index (χ0v) is 18.4. The van der Waals surface area contributed by atoms with Crippen molar-refractivity contribution in [3.05, 3.63) is 81.8 Å². The van der Waals surface area contributed by atoms with Gasteiger partial charge in [-0.2, -0.15) is 5.10 Å². The average Bonchev–Trinajstić information content (AvgIpc) is 2.82. The zero-order valence-electron chi connectivity index (χ0n) is 18.4. The van der Waals surface area contributed by atoms with Gasteiger partial charge in [-0.1, -0.05) is 30.3 Å². The minimum atomic E-state index is -0.497. The highest BCUT2D eigenvalue weighted by Crippen LogP contribution is 2.24. The number of aryl methyl sites for hydroxylation is 2. The molecule has 0 atom stereocenters. The van der Waals surface area contributed by atoms with Crippen LogP contribution in [0.4, 0.5) is 0 Å². The smallest absolute Gasteiger partial charge is 0.340 e. The standard InChI is InChI=1S/C25H23N3O5/c1-3-32-25(31)24-16(2)17-8-4-6-10-19(17)27-20(24)15-33-23(30)12-13-28-21-11-7-5-9-18(21)22(29)14-26-28/h4-11,14H,3,12-13,15H2,1-2H3. The van der Waals surface area contributed by atoms with Crippen LogP contribution in [0, 0.1) is 6.92 Å². The van der Waals surface area contributed by atoms with Crippen molar-refractivity contribution in [1.29, 1.82) is 0 Å². The number of para-hydroxylation sites is 2. The second-order valence-electron chi connectivity index (χ2n) is 7.46. The molecule has 4 aromatic rings. The Kier molecular flexibility index (Phi) is 6.44. The second kappa shape index (κ2) is 9.60. The molecule has 0 aliphatic heterocycles. The summed E-state index contributed by atoms with van der Waals surface area (Å²) in [5.74, 6) is -0.967. The van der Waals surface area contributed by atoms with Crippen molar-refractivity contribution in [2.75, 3.05) is 6.61 Å². The van der Waals surface area contributed by atoms with Crippen molar-refractivity contribution in [2.24, 2.45) is 0 Å². The van der Waals surface area contributed by atoms with Crippen LogP contribution in [0.2, 0.25) is 0 Å². The molecule has 168 valence electrons. The number of carbonyl (C=O) groups excluding carboxylic acids is 2. The van der Waals surface area contributed by atoms with Crippen LogP contribution in [0.15, 0.2) is 59.5 Å². The Morgan fingerprint density at radius 2 is 1.73 bits per heavy atom. The zero-order chi connectivity index (χ0) is 23.4. The van der Waals surface area contributed by atoms with Crippen molar-refractivity contribution < 1.29 is 19.1 Å². The summed E-state index contributed by atoms with van der Waals surface area (Å²) in [6, 6.07) is 14.6. The third-order valence-electron chi connectivity index (χ3n) is 5.37. The van der Waals surface area contributed by atoms with Crippen molar-refractivity contribution in [3.8, 4) is 0 Å². The van der Waals surface area contributed by atoms with Gasteiger partial charge >= 0.3 is 11.9 Å². The van der Waals surface area contributed by atoms with E-state index in [4.69, 9.17) is 9.47 Å². The third-order valence-corrected chi connectivity index (χ3v) is 5.37. The number of fused-ring (bicyclic) bond motifs is 2. The average molecular weight is 445 g/mol. The monoisotopic (exact) mass is 445 g/mol. The minimum Gasteiger partial charge on any atom is -0.462 e. The maximum Gasteiger partial charge on any atom is 0.340 e. The molecular formula is C25H23N3O5. The molecule has 2 aromatic heterocycles. The second-order valence-corrected chi connectivity index (χ2v) is 7.46. The first-order chi connectivity index (χ1) is 16.0. The Morgan fingerprint density at radius 3 is 2.52 bits per heavy atom. The maximum atomic E-state index is 12.6. The van der Waals surface area contributed by atoms with Crippen LogP contribution in [0.25, 0.3) is 21.8 Å². The lowest BCUT2D eigenvalue weighted by atomic mass is 10.0.